The zero-order chi connectivity index (χ0) is 16.7. The Balaban J connectivity index is 1.71. The molecule has 8 heteroatoms. The van der Waals surface area contributed by atoms with Gasteiger partial charge in [-0.1, -0.05) is 6.08 Å². The van der Waals surface area contributed by atoms with E-state index in [1.807, 2.05) is 6.07 Å². The fourth-order valence-electron chi connectivity index (χ4n) is 2.65. The van der Waals surface area contributed by atoms with E-state index in [2.05, 4.69) is 15.4 Å². The summed E-state index contributed by atoms with van der Waals surface area (Å²) in [6.07, 6.45) is 7.18. The van der Waals surface area contributed by atoms with E-state index in [0.29, 0.717) is 34.9 Å². The van der Waals surface area contributed by atoms with Gasteiger partial charge in [0.15, 0.2) is 18.2 Å². The molecular formula is C16H14N4O3S. The Bertz CT molecular complexity index is 885. The van der Waals surface area contributed by atoms with Gasteiger partial charge in [0.05, 0.1) is 27.6 Å². The van der Waals surface area contributed by atoms with Gasteiger partial charge in [0.1, 0.15) is 5.82 Å². The Morgan fingerprint density at radius 1 is 1.38 bits per heavy atom. The highest BCUT2D eigenvalue weighted by molar-refractivity contribution is 8.04. The van der Waals surface area contributed by atoms with Crippen molar-refractivity contribution < 1.29 is 14.4 Å². The van der Waals surface area contributed by atoms with Crippen molar-refractivity contribution in [3.8, 4) is 0 Å². The zero-order valence-electron chi connectivity index (χ0n) is 12.6. The number of aromatic nitrogens is 3. The number of hydrogen-bond acceptors (Lipinski definition) is 7. The van der Waals surface area contributed by atoms with E-state index in [1.165, 1.54) is 18.0 Å². The molecule has 122 valence electrons. The molecule has 24 heavy (non-hydrogen) atoms. The Labute approximate surface area is 141 Å². The largest absolute Gasteiger partial charge is 0.367 e. The number of fused-ring (bicyclic) bond motifs is 1. The average Bonchev–Trinajstić information content (AvgIpc) is 3.13. The summed E-state index contributed by atoms with van der Waals surface area (Å²) >= 11 is 1.34. The minimum absolute atomic E-state index is 0.0527. The molecule has 1 atom stereocenters. The van der Waals surface area contributed by atoms with E-state index in [9.17, 15) is 14.4 Å². The van der Waals surface area contributed by atoms with Gasteiger partial charge in [-0.25, -0.2) is 4.98 Å². The maximum Gasteiger partial charge on any atom is 0.231 e. The number of aldehydes is 2. The lowest BCUT2D eigenvalue weighted by atomic mass is 10.2. The number of nitrogens with one attached hydrogen (secondary N) is 1. The second-order valence-corrected chi connectivity index (χ2v) is 7.08. The summed E-state index contributed by atoms with van der Waals surface area (Å²) in [6, 6.07) is 2.33. The molecule has 1 saturated carbocycles. The number of anilines is 1. The molecule has 1 aliphatic heterocycles. The molecule has 2 aliphatic rings. The second-order valence-electron chi connectivity index (χ2n) is 5.83. The van der Waals surface area contributed by atoms with Crippen LogP contribution in [-0.4, -0.2) is 39.0 Å². The highest BCUT2D eigenvalue weighted by Crippen LogP contribution is 2.44. The van der Waals surface area contributed by atoms with E-state index in [4.69, 9.17) is 0 Å². The molecule has 0 spiro atoms. The number of allylic oxidation sites excluding steroid dienone is 2. The molecule has 1 fully saturated rings. The van der Waals surface area contributed by atoms with Crippen LogP contribution in [-0.2, 0) is 9.59 Å². The third kappa shape index (κ3) is 2.62. The van der Waals surface area contributed by atoms with Crippen molar-refractivity contribution in [2.45, 2.75) is 30.6 Å². The maximum atomic E-state index is 11.5. The lowest BCUT2D eigenvalue weighted by Gasteiger charge is -2.13. The first-order chi connectivity index (χ1) is 11.7. The van der Waals surface area contributed by atoms with Crippen LogP contribution in [0.15, 0.2) is 23.2 Å². The van der Waals surface area contributed by atoms with Gasteiger partial charge in [0.25, 0.3) is 0 Å². The number of hydrogen-bond donors (Lipinski definition) is 1. The van der Waals surface area contributed by atoms with Gasteiger partial charge in [0.2, 0.25) is 5.78 Å². The first kappa shape index (κ1) is 15.1. The molecule has 4 rings (SSSR count). The van der Waals surface area contributed by atoms with Crippen LogP contribution in [0.25, 0.3) is 5.65 Å². The molecule has 2 aromatic heterocycles. The Morgan fingerprint density at radius 3 is 2.92 bits per heavy atom. The van der Waals surface area contributed by atoms with E-state index >= 15 is 0 Å². The topological polar surface area (TPSA) is 93.4 Å². The molecule has 7 nitrogen and oxygen atoms in total. The molecule has 1 aliphatic carbocycles. The van der Waals surface area contributed by atoms with Crippen LogP contribution in [0, 0.1) is 0 Å². The lowest BCUT2D eigenvalue weighted by Crippen LogP contribution is -2.10. The number of Topliss-reactive ketones (excluding diaryl/α,β-unsaturated/α-hetero) is 1. The molecule has 0 radical (unpaired) electrons. The molecule has 0 aromatic carbocycles. The van der Waals surface area contributed by atoms with Gasteiger partial charge in [-0.2, -0.15) is 9.61 Å². The minimum atomic E-state index is -0.502. The molecule has 0 saturated heterocycles. The third-order valence-corrected chi connectivity index (χ3v) is 5.38. The smallest absolute Gasteiger partial charge is 0.231 e. The van der Waals surface area contributed by atoms with Gasteiger partial charge in [-0.05, 0) is 19.3 Å². The molecule has 0 bridgehead atoms. The number of thioether (sulfide) groups is 1. The summed E-state index contributed by atoms with van der Waals surface area (Å²) < 4.78 is 1.64. The molecule has 0 amide bonds. The van der Waals surface area contributed by atoms with Gasteiger partial charge >= 0.3 is 0 Å². The van der Waals surface area contributed by atoms with Crippen molar-refractivity contribution in [1.29, 1.82) is 0 Å². The quantitative estimate of drug-likeness (QED) is 0.633. The van der Waals surface area contributed by atoms with Gasteiger partial charge in [-0.15, -0.1) is 11.8 Å². The second kappa shape index (κ2) is 5.86. The van der Waals surface area contributed by atoms with Crippen LogP contribution >= 0.6 is 11.8 Å². The highest BCUT2D eigenvalue weighted by Gasteiger charge is 2.28. The number of rotatable bonds is 6. The zero-order valence-corrected chi connectivity index (χ0v) is 13.5. The van der Waals surface area contributed by atoms with E-state index < -0.39 is 5.78 Å². The number of nitrogens with zero attached hydrogens (tertiary/aromatic N) is 3. The summed E-state index contributed by atoms with van der Waals surface area (Å²) in [5, 5.41) is 7.58. The average molecular weight is 342 g/mol. The summed E-state index contributed by atoms with van der Waals surface area (Å²) in [5.41, 5.74) is 1.70. The van der Waals surface area contributed by atoms with Crippen molar-refractivity contribution >= 4 is 41.6 Å². The molecule has 1 N–H and O–H groups in total. The van der Waals surface area contributed by atoms with Gasteiger partial charge in [0, 0.05) is 12.1 Å². The Morgan fingerprint density at radius 2 is 2.21 bits per heavy atom. The Hall–Kier alpha value is -2.48. The predicted octanol–water partition coefficient (Wildman–Crippen LogP) is 1.95. The lowest BCUT2D eigenvalue weighted by molar-refractivity contribution is -0.126. The summed E-state index contributed by atoms with van der Waals surface area (Å²) in [7, 11) is 0. The van der Waals surface area contributed by atoms with E-state index in [-0.39, 0.29) is 5.25 Å². The fraction of sp³-hybridized carbons (Fsp3) is 0.312. The fourth-order valence-corrected chi connectivity index (χ4v) is 3.74. The van der Waals surface area contributed by atoms with Crippen LogP contribution in [0.1, 0.15) is 40.6 Å². The van der Waals surface area contributed by atoms with Crippen molar-refractivity contribution in [3.63, 3.8) is 0 Å². The van der Waals surface area contributed by atoms with Crippen LogP contribution in [0.5, 0.6) is 0 Å². The SMILES string of the molecule is O=CC(=O)C1=CCC(c2cc(NC3CC3)n3ncc(C=O)c3n2)S1. The van der Waals surface area contributed by atoms with Crippen molar-refractivity contribution in [3.05, 3.63) is 34.5 Å². The highest BCUT2D eigenvalue weighted by atomic mass is 32.2. The standard InChI is InChI=1S/C16H14N4O3S/c21-7-9-6-17-20-15(18-10-1-2-10)5-11(19-16(9)20)13-3-4-14(24-13)12(23)8-22/h4-8,10,13,18H,1-3H2. The monoisotopic (exact) mass is 342 g/mol. The normalized spacial score (nSPS) is 20.0. The molecule has 2 aromatic rings. The van der Waals surface area contributed by atoms with Crippen LogP contribution < -0.4 is 5.32 Å². The minimum Gasteiger partial charge on any atom is -0.367 e. The third-order valence-electron chi connectivity index (χ3n) is 4.04. The van der Waals surface area contributed by atoms with Crippen molar-refractivity contribution in [2.24, 2.45) is 0 Å². The Kier molecular flexibility index (Phi) is 3.68. The number of carbonyl (C=O) groups is 3. The summed E-state index contributed by atoms with van der Waals surface area (Å²) in [6.45, 7) is 0. The summed E-state index contributed by atoms with van der Waals surface area (Å²) in [5.74, 6) is 0.291. The first-order valence-corrected chi connectivity index (χ1v) is 8.54. The number of ketones is 1. The van der Waals surface area contributed by atoms with E-state index in [1.54, 1.807) is 10.6 Å². The number of carbonyl (C=O) groups excluding carboxylic acids is 3. The maximum absolute atomic E-state index is 11.5. The van der Waals surface area contributed by atoms with Crippen LogP contribution in [0.2, 0.25) is 0 Å². The van der Waals surface area contributed by atoms with Crippen molar-refractivity contribution in [1.82, 2.24) is 14.6 Å². The van der Waals surface area contributed by atoms with Gasteiger partial charge in [-0.3, -0.25) is 14.4 Å². The van der Waals surface area contributed by atoms with Crippen LogP contribution in [0.4, 0.5) is 5.82 Å². The van der Waals surface area contributed by atoms with E-state index in [0.717, 1.165) is 30.6 Å². The van der Waals surface area contributed by atoms with Gasteiger partial charge < -0.3 is 5.32 Å². The molecular weight excluding hydrogens is 328 g/mol. The first-order valence-electron chi connectivity index (χ1n) is 7.66. The summed E-state index contributed by atoms with van der Waals surface area (Å²) in [4.78, 5) is 38.4. The molecule has 1 unspecified atom stereocenters. The van der Waals surface area contributed by atoms with Crippen molar-refractivity contribution in [2.75, 3.05) is 5.32 Å². The predicted molar refractivity (Wildman–Crippen MR) is 89.1 cm³/mol. The molecule has 3 heterocycles. The van der Waals surface area contributed by atoms with Crippen LogP contribution in [0.3, 0.4) is 0 Å².